The molecule has 0 saturated heterocycles. The number of hydrogen-bond acceptors (Lipinski definition) is 2. The smallest absolute Gasteiger partial charge is 0.407 e. The minimum atomic E-state index is -0.272. The van der Waals surface area contributed by atoms with Crippen LogP contribution in [0, 0.1) is 17.8 Å². The second-order valence-corrected chi connectivity index (χ2v) is 5.64. The Morgan fingerprint density at radius 2 is 1.94 bits per heavy atom. The highest BCUT2D eigenvalue weighted by molar-refractivity contribution is 5.68. The third-order valence-electron chi connectivity index (χ3n) is 4.18. The fourth-order valence-electron chi connectivity index (χ4n) is 3.23. The largest absolute Gasteiger partial charge is 0.445 e. The van der Waals surface area contributed by atoms with Crippen LogP contribution in [-0.2, 0) is 11.3 Å². The van der Waals surface area contributed by atoms with Gasteiger partial charge in [-0.05, 0) is 36.2 Å². The summed E-state index contributed by atoms with van der Waals surface area (Å²) >= 11 is 0. The molecule has 1 amide bonds. The maximum atomic E-state index is 11.6. The lowest BCUT2D eigenvalue weighted by Gasteiger charge is -2.10. The molecule has 0 bridgehead atoms. The van der Waals surface area contributed by atoms with E-state index in [0.29, 0.717) is 24.5 Å². The summed E-state index contributed by atoms with van der Waals surface area (Å²) in [6, 6.07) is 10.1. The SMILES string of the molecule is CC1CC2C(C1)C2NC(=O)OCc1ccccc1. The first-order valence-electron chi connectivity index (χ1n) is 6.71. The zero-order chi connectivity index (χ0) is 12.5. The van der Waals surface area contributed by atoms with Gasteiger partial charge in [-0.3, -0.25) is 0 Å². The van der Waals surface area contributed by atoms with Crippen LogP contribution >= 0.6 is 0 Å². The fourth-order valence-corrected chi connectivity index (χ4v) is 3.23. The summed E-state index contributed by atoms with van der Waals surface area (Å²) in [6.45, 7) is 2.64. The van der Waals surface area contributed by atoms with Gasteiger partial charge in [0.15, 0.2) is 0 Å². The number of benzene rings is 1. The van der Waals surface area contributed by atoms with Crippen LogP contribution in [0.3, 0.4) is 0 Å². The first kappa shape index (κ1) is 11.6. The first-order valence-corrected chi connectivity index (χ1v) is 6.71. The van der Waals surface area contributed by atoms with Crippen molar-refractivity contribution in [1.82, 2.24) is 5.32 Å². The average Bonchev–Trinajstić information content (AvgIpc) is 2.84. The summed E-state index contributed by atoms with van der Waals surface area (Å²) in [5.41, 5.74) is 1.03. The minimum Gasteiger partial charge on any atom is -0.445 e. The molecule has 2 atom stereocenters. The molecule has 2 fully saturated rings. The third kappa shape index (κ3) is 2.35. The Hall–Kier alpha value is -1.51. The minimum absolute atomic E-state index is 0.272. The molecule has 2 unspecified atom stereocenters. The van der Waals surface area contributed by atoms with Crippen molar-refractivity contribution < 1.29 is 9.53 Å². The fraction of sp³-hybridized carbons (Fsp3) is 0.533. The van der Waals surface area contributed by atoms with Crippen LogP contribution in [0.2, 0.25) is 0 Å². The van der Waals surface area contributed by atoms with E-state index < -0.39 is 0 Å². The molecule has 0 radical (unpaired) electrons. The lowest BCUT2D eigenvalue weighted by atomic mass is 10.1. The second-order valence-electron chi connectivity index (χ2n) is 5.64. The van der Waals surface area contributed by atoms with Crippen LogP contribution in [0.5, 0.6) is 0 Å². The highest BCUT2D eigenvalue weighted by Gasteiger charge is 2.55. The molecule has 3 nitrogen and oxygen atoms in total. The van der Waals surface area contributed by atoms with E-state index in [4.69, 9.17) is 4.74 Å². The van der Waals surface area contributed by atoms with Gasteiger partial charge >= 0.3 is 6.09 Å². The molecular formula is C15H19NO2. The summed E-state index contributed by atoms with van der Waals surface area (Å²) in [7, 11) is 0. The summed E-state index contributed by atoms with van der Waals surface area (Å²) in [5, 5.41) is 2.99. The molecule has 1 N–H and O–H groups in total. The second kappa shape index (κ2) is 4.63. The number of ether oxygens (including phenoxy) is 1. The molecule has 2 aliphatic carbocycles. The van der Waals surface area contributed by atoms with Crippen LogP contribution < -0.4 is 5.32 Å². The summed E-state index contributed by atoms with van der Waals surface area (Å²) in [6.07, 6.45) is 2.24. The van der Waals surface area contributed by atoms with E-state index in [1.165, 1.54) is 12.8 Å². The van der Waals surface area contributed by atoms with E-state index in [1.54, 1.807) is 0 Å². The zero-order valence-corrected chi connectivity index (χ0v) is 10.6. The maximum absolute atomic E-state index is 11.6. The Morgan fingerprint density at radius 3 is 2.61 bits per heavy atom. The molecule has 3 heteroatoms. The van der Waals surface area contributed by atoms with Gasteiger partial charge in [0.1, 0.15) is 6.61 Å². The van der Waals surface area contributed by atoms with Crippen molar-refractivity contribution in [3.63, 3.8) is 0 Å². The number of rotatable bonds is 3. The van der Waals surface area contributed by atoms with Gasteiger partial charge in [0.2, 0.25) is 0 Å². The lowest BCUT2D eigenvalue weighted by Crippen LogP contribution is -2.29. The van der Waals surface area contributed by atoms with Crippen LogP contribution in [0.1, 0.15) is 25.3 Å². The Morgan fingerprint density at radius 1 is 1.28 bits per heavy atom. The average molecular weight is 245 g/mol. The van der Waals surface area contributed by atoms with E-state index >= 15 is 0 Å². The molecule has 2 aliphatic rings. The van der Waals surface area contributed by atoms with Crippen LogP contribution in [-0.4, -0.2) is 12.1 Å². The number of carbonyl (C=O) groups is 1. The summed E-state index contributed by atoms with van der Waals surface area (Å²) < 4.78 is 5.22. The Balaban J connectivity index is 1.41. The highest BCUT2D eigenvalue weighted by atomic mass is 16.5. The Kier molecular flexibility index (Phi) is 2.98. The molecule has 96 valence electrons. The molecule has 0 heterocycles. The number of carbonyl (C=O) groups excluding carboxylic acids is 1. The van der Waals surface area contributed by atoms with Crippen molar-refractivity contribution in [3.05, 3.63) is 35.9 Å². The topological polar surface area (TPSA) is 38.3 Å². The molecule has 1 aromatic rings. The van der Waals surface area contributed by atoms with Gasteiger partial charge in [0.25, 0.3) is 0 Å². The first-order chi connectivity index (χ1) is 8.74. The van der Waals surface area contributed by atoms with E-state index in [2.05, 4.69) is 12.2 Å². The number of alkyl carbamates (subject to hydrolysis) is 1. The Labute approximate surface area is 108 Å². The van der Waals surface area contributed by atoms with Crippen molar-refractivity contribution in [1.29, 1.82) is 0 Å². The molecule has 0 aromatic heterocycles. The number of hydrogen-bond donors (Lipinski definition) is 1. The number of nitrogens with one attached hydrogen (secondary N) is 1. The Bertz CT molecular complexity index is 419. The quantitative estimate of drug-likeness (QED) is 0.889. The molecule has 2 saturated carbocycles. The van der Waals surface area contributed by atoms with Crippen molar-refractivity contribution in [2.75, 3.05) is 0 Å². The van der Waals surface area contributed by atoms with Crippen molar-refractivity contribution in [2.24, 2.45) is 17.8 Å². The van der Waals surface area contributed by atoms with Crippen molar-refractivity contribution in [2.45, 2.75) is 32.4 Å². The van der Waals surface area contributed by atoms with Crippen molar-refractivity contribution in [3.8, 4) is 0 Å². The van der Waals surface area contributed by atoms with Crippen LogP contribution in [0.4, 0.5) is 4.79 Å². The molecule has 0 spiro atoms. The van der Waals surface area contributed by atoms with Gasteiger partial charge in [0.05, 0.1) is 0 Å². The van der Waals surface area contributed by atoms with E-state index in [1.807, 2.05) is 30.3 Å². The normalized spacial score (nSPS) is 32.7. The van der Waals surface area contributed by atoms with Gasteiger partial charge in [0, 0.05) is 6.04 Å². The molecule has 0 aliphatic heterocycles. The van der Waals surface area contributed by atoms with Gasteiger partial charge in [-0.1, -0.05) is 37.3 Å². The third-order valence-corrected chi connectivity index (χ3v) is 4.18. The molecule has 3 rings (SSSR count). The number of fused-ring (bicyclic) bond motifs is 1. The standard InChI is InChI=1S/C15H19NO2/c1-10-7-12-13(8-10)14(12)16-15(17)18-9-11-5-3-2-4-6-11/h2-6,10,12-14H,7-9H2,1H3,(H,16,17). The van der Waals surface area contributed by atoms with E-state index in [0.717, 1.165) is 11.5 Å². The lowest BCUT2D eigenvalue weighted by molar-refractivity contribution is 0.137. The van der Waals surface area contributed by atoms with Crippen molar-refractivity contribution >= 4 is 6.09 Å². The molecule has 1 aromatic carbocycles. The van der Waals surface area contributed by atoms with Crippen LogP contribution in [0.25, 0.3) is 0 Å². The summed E-state index contributed by atoms with van der Waals surface area (Å²) in [5.74, 6) is 2.26. The number of amides is 1. The monoisotopic (exact) mass is 245 g/mol. The van der Waals surface area contributed by atoms with Crippen LogP contribution in [0.15, 0.2) is 30.3 Å². The van der Waals surface area contributed by atoms with Gasteiger partial charge in [-0.15, -0.1) is 0 Å². The predicted octanol–water partition coefficient (Wildman–Crippen LogP) is 2.96. The highest BCUT2D eigenvalue weighted by Crippen LogP contribution is 2.54. The van der Waals surface area contributed by atoms with Gasteiger partial charge < -0.3 is 10.1 Å². The summed E-state index contributed by atoms with van der Waals surface area (Å²) in [4.78, 5) is 11.6. The predicted molar refractivity (Wildman–Crippen MR) is 68.9 cm³/mol. The van der Waals surface area contributed by atoms with Gasteiger partial charge in [-0.2, -0.15) is 0 Å². The maximum Gasteiger partial charge on any atom is 0.407 e. The van der Waals surface area contributed by atoms with E-state index in [9.17, 15) is 4.79 Å². The zero-order valence-electron chi connectivity index (χ0n) is 10.6. The van der Waals surface area contributed by atoms with E-state index in [-0.39, 0.29) is 6.09 Å². The molecule has 18 heavy (non-hydrogen) atoms. The van der Waals surface area contributed by atoms with Gasteiger partial charge in [-0.25, -0.2) is 4.79 Å². The molecular weight excluding hydrogens is 226 g/mol.